The Hall–Kier alpha value is -1.10. The van der Waals surface area contributed by atoms with Crippen molar-refractivity contribution in [1.82, 2.24) is 10.2 Å². The highest BCUT2D eigenvalue weighted by molar-refractivity contribution is 5.95. The number of carbonyl (C=O) groups is 2. The first kappa shape index (κ1) is 17.0. The Kier molecular flexibility index (Phi) is 6.99. The molecule has 2 unspecified atom stereocenters. The fourth-order valence-electron chi connectivity index (χ4n) is 2.14. The van der Waals surface area contributed by atoms with E-state index in [1.165, 1.54) is 0 Å². The zero-order chi connectivity index (χ0) is 15.1. The van der Waals surface area contributed by atoms with Crippen molar-refractivity contribution in [1.29, 1.82) is 0 Å². The molecule has 0 spiro atoms. The van der Waals surface area contributed by atoms with Gasteiger partial charge in [-0.05, 0) is 18.3 Å². The summed E-state index contributed by atoms with van der Waals surface area (Å²) in [5.41, 5.74) is 0. The lowest BCUT2D eigenvalue weighted by Gasteiger charge is -2.35. The molecule has 1 aliphatic heterocycles. The summed E-state index contributed by atoms with van der Waals surface area (Å²) < 4.78 is 5.53. The van der Waals surface area contributed by atoms with Gasteiger partial charge in [0.1, 0.15) is 6.04 Å². The van der Waals surface area contributed by atoms with Gasteiger partial charge in [0.25, 0.3) is 0 Å². The molecule has 1 heterocycles. The quantitative estimate of drug-likeness (QED) is 0.686. The second kappa shape index (κ2) is 8.25. The summed E-state index contributed by atoms with van der Waals surface area (Å²) in [6, 6.07) is -0.378. The molecule has 1 aliphatic rings. The molecule has 0 aromatic carbocycles. The van der Waals surface area contributed by atoms with Crippen LogP contribution >= 0.6 is 0 Å². The fourth-order valence-corrected chi connectivity index (χ4v) is 2.14. The van der Waals surface area contributed by atoms with Crippen LogP contribution in [-0.2, 0) is 14.3 Å². The van der Waals surface area contributed by atoms with Gasteiger partial charge >= 0.3 is 0 Å². The Morgan fingerprint density at radius 3 is 2.60 bits per heavy atom. The minimum Gasteiger partial charge on any atom is -0.380 e. The van der Waals surface area contributed by atoms with E-state index in [0.717, 1.165) is 12.8 Å². The zero-order valence-corrected chi connectivity index (χ0v) is 13.1. The summed E-state index contributed by atoms with van der Waals surface area (Å²) in [5, 5.41) is 2.79. The second-order valence-corrected chi connectivity index (χ2v) is 5.99. The number of piperazine rings is 1. The Morgan fingerprint density at radius 1 is 1.30 bits per heavy atom. The first-order chi connectivity index (χ1) is 9.45. The van der Waals surface area contributed by atoms with Crippen molar-refractivity contribution in [2.24, 2.45) is 11.8 Å². The number of nitrogens with one attached hydrogen (secondary N) is 1. The van der Waals surface area contributed by atoms with Gasteiger partial charge in [0.2, 0.25) is 11.8 Å². The maximum Gasteiger partial charge on any atom is 0.245 e. The lowest BCUT2D eigenvalue weighted by molar-refractivity contribution is -0.146. The molecule has 0 bridgehead atoms. The van der Waals surface area contributed by atoms with E-state index in [-0.39, 0.29) is 30.3 Å². The molecule has 1 saturated heterocycles. The van der Waals surface area contributed by atoms with E-state index in [2.05, 4.69) is 19.2 Å². The van der Waals surface area contributed by atoms with Crippen LogP contribution < -0.4 is 5.32 Å². The topological polar surface area (TPSA) is 58.6 Å². The predicted molar refractivity (Wildman–Crippen MR) is 78.2 cm³/mol. The monoisotopic (exact) mass is 284 g/mol. The van der Waals surface area contributed by atoms with E-state index in [4.69, 9.17) is 4.74 Å². The maximum atomic E-state index is 12.3. The summed E-state index contributed by atoms with van der Waals surface area (Å²) in [6.07, 6.45) is 1.89. The highest BCUT2D eigenvalue weighted by atomic mass is 16.5. The Morgan fingerprint density at radius 2 is 2.00 bits per heavy atom. The standard InChI is InChI=1S/C15H28N2O3/c1-5-12(4)14-15(19)17(10-13(18)16-14)7-9-20-8-6-11(2)3/h11-12,14H,5-10H2,1-4H3,(H,16,18). The summed E-state index contributed by atoms with van der Waals surface area (Å²) in [4.78, 5) is 25.6. The van der Waals surface area contributed by atoms with E-state index in [0.29, 0.717) is 25.7 Å². The van der Waals surface area contributed by atoms with Crippen LogP contribution in [0, 0.1) is 11.8 Å². The summed E-state index contributed by atoms with van der Waals surface area (Å²) in [7, 11) is 0. The van der Waals surface area contributed by atoms with Crippen LogP contribution in [0.2, 0.25) is 0 Å². The van der Waals surface area contributed by atoms with Gasteiger partial charge in [-0.2, -0.15) is 0 Å². The molecule has 0 aromatic heterocycles. The first-order valence-electron chi connectivity index (χ1n) is 7.61. The molecular weight excluding hydrogens is 256 g/mol. The van der Waals surface area contributed by atoms with Crippen LogP contribution in [0.25, 0.3) is 0 Å². The van der Waals surface area contributed by atoms with Gasteiger partial charge in [-0.1, -0.05) is 34.1 Å². The van der Waals surface area contributed by atoms with Crippen LogP contribution in [0.15, 0.2) is 0 Å². The van der Waals surface area contributed by atoms with Crippen molar-refractivity contribution in [2.45, 2.75) is 46.6 Å². The van der Waals surface area contributed by atoms with Gasteiger partial charge in [-0.3, -0.25) is 9.59 Å². The van der Waals surface area contributed by atoms with Gasteiger partial charge in [0.05, 0.1) is 13.2 Å². The number of hydrogen-bond donors (Lipinski definition) is 1. The smallest absolute Gasteiger partial charge is 0.245 e. The van der Waals surface area contributed by atoms with Crippen LogP contribution in [0.5, 0.6) is 0 Å². The largest absolute Gasteiger partial charge is 0.380 e. The molecule has 0 aliphatic carbocycles. The van der Waals surface area contributed by atoms with Crippen molar-refractivity contribution in [3.8, 4) is 0 Å². The number of nitrogens with zero attached hydrogens (tertiary/aromatic N) is 1. The van der Waals surface area contributed by atoms with E-state index in [1.54, 1.807) is 4.90 Å². The molecule has 20 heavy (non-hydrogen) atoms. The third-order valence-electron chi connectivity index (χ3n) is 3.79. The average molecular weight is 284 g/mol. The maximum absolute atomic E-state index is 12.3. The molecule has 0 radical (unpaired) electrons. The van der Waals surface area contributed by atoms with E-state index in [1.807, 2.05) is 13.8 Å². The Bertz CT molecular complexity index is 331. The molecule has 5 nitrogen and oxygen atoms in total. The third kappa shape index (κ3) is 5.12. The zero-order valence-electron chi connectivity index (χ0n) is 13.1. The van der Waals surface area contributed by atoms with Crippen LogP contribution in [-0.4, -0.2) is 49.1 Å². The molecule has 1 fully saturated rings. The Labute approximate surface area is 122 Å². The summed E-state index contributed by atoms with van der Waals surface area (Å²) in [5.74, 6) is 0.728. The van der Waals surface area contributed by atoms with Crippen molar-refractivity contribution < 1.29 is 14.3 Å². The van der Waals surface area contributed by atoms with Crippen molar-refractivity contribution in [3.05, 3.63) is 0 Å². The molecule has 116 valence electrons. The van der Waals surface area contributed by atoms with Gasteiger partial charge in [0, 0.05) is 13.2 Å². The van der Waals surface area contributed by atoms with Crippen LogP contribution in [0.3, 0.4) is 0 Å². The number of amides is 2. The molecule has 5 heteroatoms. The normalized spacial score (nSPS) is 21.2. The average Bonchev–Trinajstić information content (AvgIpc) is 2.40. The van der Waals surface area contributed by atoms with E-state index >= 15 is 0 Å². The van der Waals surface area contributed by atoms with Gasteiger partial charge in [0.15, 0.2) is 0 Å². The number of rotatable bonds is 8. The molecule has 0 aromatic rings. The Balaban J connectivity index is 2.40. The van der Waals surface area contributed by atoms with Gasteiger partial charge in [-0.15, -0.1) is 0 Å². The second-order valence-electron chi connectivity index (χ2n) is 5.99. The number of carbonyl (C=O) groups excluding carboxylic acids is 2. The van der Waals surface area contributed by atoms with Crippen molar-refractivity contribution in [2.75, 3.05) is 26.3 Å². The molecule has 2 amide bonds. The highest BCUT2D eigenvalue weighted by Crippen LogP contribution is 2.14. The third-order valence-corrected chi connectivity index (χ3v) is 3.79. The predicted octanol–water partition coefficient (Wildman–Crippen LogP) is 1.42. The van der Waals surface area contributed by atoms with E-state index < -0.39 is 0 Å². The fraction of sp³-hybridized carbons (Fsp3) is 0.867. The minimum atomic E-state index is -0.378. The molecule has 1 N–H and O–H groups in total. The molecule has 1 rings (SSSR count). The van der Waals surface area contributed by atoms with Crippen LogP contribution in [0.4, 0.5) is 0 Å². The molecular formula is C15H28N2O3. The van der Waals surface area contributed by atoms with Gasteiger partial charge < -0.3 is 15.0 Å². The van der Waals surface area contributed by atoms with Crippen molar-refractivity contribution in [3.63, 3.8) is 0 Å². The number of ether oxygens (including phenoxy) is 1. The SMILES string of the molecule is CCC(C)C1NC(=O)CN(CCOCCC(C)C)C1=O. The van der Waals surface area contributed by atoms with Crippen LogP contribution in [0.1, 0.15) is 40.5 Å². The lowest BCUT2D eigenvalue weighted by atomic mass is 9.96. The summed E-state index contributed by atoms with van der Waals surface area (Å²) >= 11 is 0. The molecule has 2 atom stereocenters. The van der Waals surface area contributed by atoms with Gasteiger partial charge in [-0.25, -0.2) is 0 Å². The summed E-state index contributed by atoms with van der Waals surface area (Å²) in [6.45, 7) is 10.2. The number of hydrogen-bond acceptors (Lipinski definition) is 3. The van der Waals surface area contributed by atoms with E-state index in [9.17, 15) is 9.59 Å². The highest BCUT2D eigenvalue weighted by Gasteiger charge is 2.34. The van der Waals surface area contributed by atoms with Crippen molar-refractivity contribution >= 4 is 11.8 Å². The lowest BCUT2D eigenvalue weighted by Crippen LogP contribution is -2.60. The molecule has 0 saturated carbocycles. The minimum absolute atomic E-state index is 0.0198. The first-order valence-corrected chi connectivity index (χ1v) is 7.61.